The van der Waals surface area contributed by atoms with Crippen molar-refractivity contribution in [3.63, 3.8) is 0 Å². The number of para-hydroxylation sites is 1. The zero-order chi connectivity index (χ0) is 19.2. The molecule has 0 unspecified atom stereocenters. The molecule has 0 saturated carbocycles. The molecule has 2 amide bonds. The lowest BCUT2D eigenvalue weighted by Gasteiger charge is -2.07. The van der Waals surface area contributed by atoms with Gasteiger partial charge in [0.25, 0.3) is 5.91 Å². The van der Waals surface area contributed by atoms with Gasteiger partial charge in [0.2, 0.25) is 0 Å². The van der Waals surface area contributed by atoms with Crippen molar-refractivity contribution in [2.75, 3.05) is 0 Å². The van der Waals surface area contributed by atoms with Gasteiger partial charge >= 0.3 is 5.91 Å². The summed E-state index contributed by atoms with van der Waals surface area (Å²) in [6.07, 6.45) is 0. The number of amides is 2. The number of halogens is 2. The lowest BCUT2D eigenvalue weighted by Crippen LogP contribution is -2.41. The smallest absolute Gasteiger partial charge is 0.305 e. The van der Waals surface area contributed by atoms with Crippen LogP contribution in [0.1, 0.15) is 26.7 Å². The summed E-state index contributed by atoms with van der Waals surface area (Å²) in [7, 11) is 0. The molecule has 0 aliphatic heterocycles. The van der Waals surface area contributed by atoms with Gasteiger partial charge in [-0.3, -0.25) is 20.4 Å². The molecule has 0 saturated heterocycles. The maximum atomic E-state index is 12.1. The van der Waals surface area contributed by atoms with E-state index < -0.39 is 11.8 Å². The molecule has 0 fully saturated rings. The third kappa shape index (κ3) is 5.26. The quantitative estimate of drug-likeness (QED) is 0.623. The minimum Gasteiger partial charge on any atom is -0.486 e. The first-order valence-corrected chi connectivity index (χ1v) is 8.60. The Kier molecular flexibility index (Phi) is 6.01. The van der Waals surface area contributed by atoms with Gasteiger partial charge in [0, 0.05) is 15.6 Å². The summed E-state index contributed by atoms with van der Waals surface area (Å²) in [4.78, 5) is 24.1. The highest BCUT2D eigenvalue weighted by molar-refractivity contribution is 6.35. The molecule has 0 radical (unpaired) electrons. The summed E-state index contributed by atoms with van der Waals surface area (Å²) < 4.78 is 11.0. The first kappa shape index (κ1) is 18.8. The zero-order valence-electron chi connectivity index (χ0n) is 13.9. The number of benzene rings is 2. The van der Waals surface area contributed by atoms with E-state index in [-0.39, 0.29) is 17.9 Å². The fraction of sp³-hybridized carbons (Fsp3) is 0.0526. The van der Waals surface area contributed by atoms with Crippen molar-refractivity contribution >= 4 is 35.0 Å². The molecule has 0 aliphatic carbocycles. The maximum absolute atomic E-state index is 12.1. The lowest BCUT2D eigenvalue weighted by atomic mass is 10.2. The summed E-state index contributed by atoms with van der Waals surface area (Å²) in [5, 5.41) is 0.626. The SMILES string of the molecule is O=C(NNC(=O)c1ccc(COc2ccccc2)o1)c1cc(Cl)cc(Cl)c1. The molecular weight excluding hydrogens is 391 g/mol. The lowest BCUT2D eigenvalue weighted by molar-refractivity contribution is 0.0828. The Morgan fingerprint density at radius 2 is 1.56 bits per heavy atom. The van der Waals surface area contributed by atoms with Crippen molar-refractivity contribution in [1.82, 2.24) is 10.9 Å². The number of carbonyl (C=O) groups excluding carboxylic acids is 2. The Balaban J connectivity index is 1.54. The van der Waals surface area contributed by atoms with E-state index in [2.05, 4.69) is 10.9 Å². The molecule has 0 bridgehead atoms. The van der Waals surface area contributed by atoms with Crippen molar-refractivity contribution in [3.8, 4) is 5.75 Å². The van der Waals surface area contributed by atoms with Crippen LogP contribution in [0.4, 0.5) is 0 Å². The van der Waals surface area contributed by atoms with Gasteiger partial charge in [0.05, 0.1) is 0 Å². The highest BCUT2D eigenvalue weighted by Gasteiger charge is 2.14. The second-order valence-corrected chi connectivity index (χ2v) is 6.31. The number of ether oxygens (including phenoxy) is 1. The average Bonchev–Trinajstić information content (AvgIpc) is 3.13. The molecule has 8 heteroatoms. The van der Waals surface area contributed by atoms with E-state index in [4.69, 9.17) is 32.4 Å². The van der Waals surface area contributed by atoms with Crippen LogP contribution >= 0.6 is 23.2 Å². The zero-order valence-corrected chi connectivity index (χ0v) is 15.4. The van der Waals surface area contributed by atoms with E-state index in [9.17, 15) is 9.59 Å². The highest BCUT2D eigenvalue weighted by Crippen LogP contribution is 2.19. The molecule has 1 heterocycles. The summed E-state index contributed by atoms with van der Waals surface area (Å²) in [5.41, 5.74) is 4.75. The number of rotatable bonds is 5. The summed E-state index contributed by atoms with van der Waals surface area (Å²) >= 11 is 11.7. The van der Waals surface area contributed by atoms with Gasteiger partial charge in [-0.2, -0.15) is 0 Å². The van der Waals surface area contributed by atoms with Crippen molar-refractivity contribution in [2.24, 2.45) is 0 Å². The molecule has 138 valence electrons. The molecule has 3 rings (SSSR count). The predicted octanol–water partition coefficient (Wildman–Crippen LogP) is 4.24. The fourth-order valence-electron chi connectivity index (χ4n) is 2.18. The van der Waals surface area contributed by atoms with Crippen molar-refractivity contribution in [1.29, 1.82) is 0 Å². The van der Waals surface area contributed by atoms with Crippen LogP contribution in [0.3, 0.4) is 0 Å². The molecule has 0 atom stereocenters. The molecular formula is C19H14Cl2N2O4. The molecule has 2 aromatic carbocycles. The standard InChI is InChI=1S/C19H14Cl2N2O4/c20-13-8-12(9-14(21)10-13)18(24)22-23-19(25)17-7-6-16(27-17)11-26-15-4-2-1-3-5-15/h1-10H,11H2,(H,22,24)(H,23,25). The Morgan fingerprint density at radius 1 is 0.889 bits per heavy atom. The Morgan fingerprint density at radius 3 is 2.26 bits per heavy atom. The molecule has 0 aliphatic rings. The van der Waals surface area contributed by atoms with E-state index >= 15 is 0 Å². The largest absolute Gasteiger partial charge is 0.486 e. The van der Waals surface area contributed by atoms with E-state index in [0.717, 1.165) is 0 Å². The number of carbonyl (C=O) groups is 2. The number of hydrogen-bond acceptors (Lipinski definition) is 4. The van der Waals surface area contributed by atoms with Crippen LogP contribution in [0.5, 0.6) is 5.75 Å². The topological polar surface area (TPSA) is 80.6 Å². The second-order valence-electron chi connectivity index (χ2n) is 5.43. The fourth-order valence-corrected chi connectivity index (χ4v) is 2.71. The minimum absolute atomic E-state index is 0.0334. The van der Waals surface area contributed by atoms with Crippen molar-refractivity contribution in [2.45, 2.75) is 6.61 Å². The molecule has 27 heavy (non-hydrogen) atoms. The number of nitrogens with one attached hydrogen (secondary N) is 2. The molecule has 6 nitrogen and oxygen atoms in total. The number of hydrazine groups is 1. The highest BCUT2D eigenvalue weighted by atomic mass is 35.5. The summed E-state index contributed by atoms with van der Waals surface area (Å²) in [5.74, 6) is 0.0183. The van der Waals surface area contributed by atoms with Crippen LogP contribution in [0.25, 0.3) is 0 Å². The number of furan rings is 1. The predicted molar refractivity (Wildman–Crippen MR) is 101 cm³/mol. The third-order valence-electron chi connectivity index (χ3n) is 3.42. The van der Waals surface area contributed by atoms with Gasteiger partial charge in [-0.15, -0.1) is 0 Å². The monoisotopic (exact) mass is 404 g/mol. The maximum Gasteiger partial charge on any atom is 0.305 e. The minimum atomic E-state index is -0.609. The van der Waals surface area contributed by atoms with E-state index in [1.807, 2.05) is 30.3 Å². The second kappa shape index (κ2) is 8.62. The van der Waals surface area contributed by atoms with Crippen molar-refractivity contribution in [3.05, 3.63) is 87.8 Å². The van der Waals surface area contributed by atoms with Gasteiger partial charge in [-0.1, -0.05) is 41.4 Å². The van der Waals surface area contributed by atoms with Crippen LogP contribution in [0.15, 0.2) is 65.1 Å². The van der Waals surface area contributed by atoms with Crippen LogP contribution < -0.4 is 15.6 Å². The Labute approximate surface area is 165 Å². The first-order valence-electron chi connectivity index (χ1n) is 7.84. The molecule has 1 aromatic heterocycles. The van der Waals surface area contributed by atoms with Gasteiger partial charge in [0.15, 0.2) is 5.76 Å². The van der Waals surface area contributed by atoms with E-state index in [0.29, 0.717) is 21.6 Å². The Hall–Kier alpha value is -2.96. The van der Waals surface area contributed by atoms with E-state index in [1.165, 1.54) is 24.3 Å². The van der Waals surface area contributed by atoms with Gasteiger partial charge in [-0.05, 0) is 42.5 Å². The average molecular weight is 405 g/mol. The van der Waals surface area contributed by atoms with E-state index in [1.54, 1.807) is 6.07 Å². The van der Waals surface area contributed by atoms with Crippen LogP contribution in [0, 0.1) is 0 Å². The summed E-state index contributed by atoms with van der Waals surface area (Å²) in [6.45, 7) is 0.171. The molecule has 0 spiro atoms. The normalized spacial score (nSPS) is 10.3. The van der Waals surface area contributed by atoms with Gasteiger partial charge < -0.3 is 9.15 Å². The van der Waals surface area contributed by atoms with Crippen molar-refractivity contribution < 1.29 is 18.7 Å². The van der Waals surface area contributed by atoms with Gasteiger partial charge in [-0.25, -0.2) is 0 Å². The molecule has 3 aromatic rings. The third-order valence-corrected chi connectivity index (χ3v) is 3.86. The van der Waals surface area contributed by atoms with Gasteiger partial charge in [0.1, 0.15) is 18.1 Å². The number of hydrogen-bond donors (Lipinski definition) is 2. The van der Waals surface area contributed by atoms with Crippen LogP contribution in [-0.4, -0.2) is 11.8 Å². The van der Waals surface area contributed by atoms with Crippen LogP contribution in [-0.2, 0) is 6.61 Å². The first-order chi connectivity index (χ1) is 13.0. The molecule has 2 N–H and O–H groups in total. The Bertz CT molecular complexity index is 937. The summed E-state index contributed by atoms with van der Waals surface area (Å²) in [6, 6.07) is 16.7. The van der Waals surface area contributed by atoms with Crippen LogP contribution in [0.2, 0.25) is 10.0 Å².